The fraction of sp³-hybridized carbons (Fsp3) is 0.625. The van der Waals surface area contributed by atoms with Crippen molar-refractivity contribution in [3.63, 3.8) is 0 Å². The predicted octanol–water partition coefficient (Wildman–Crippen LogP) is 1.87. The van der Waals surface area contributed by atoms with E-state index in [2.05, 4.69) is 18.2 Å². The highest BCUT2D eigenvalue weighted by atomic mass is 14.5. The Bertz CT molecular complexity index is 199. The number of rotatable bonds is 0. The molecule has 0 N–H and O–H groups in total. The van der Waals surface area contributed by atoms with Crippen molar-refractivity contribution in [2.75, 3.05) is 0 Å². The summed E-state index contributed by atoms with van der Waals surface area (Å²) in [7, 11) is 0. The molecule has 0 aliphatic heterocycles. The van der Waals surface area contributed by atoms with Gasteiger partial charge in [-0.05, 0) is 25.2 Å². The van der Waals surface area contributed by atoms with Gasteiger partial charge in [0.25, 0.3) is 0 Å². The first-order valence-electron chi connectivity index (χ1n) is 3.45. The molecule has 2 aliphatic carbocycles. The van der Waals surface area contributed by atoms with Crippen LogP contribution in [0.5, 0.6) is 0 Å². The molecule has 0 radical (unpaired) electrons. The quantitative estimate of drug-likeness (QED) is 0.446. The molecule has 0 aromatic rings. The van der Waals surface area contributed by atoms with Gasteiger partial charge in [0, 0.05) is 0 Å². The minimum absolute atomic E-state index is 0.0231. The molecule has 0 aromatic heterocycles. The Morgan fingerprint density at radius 3 is 2.78 bits per heavy atom. The second-order valence-corrected chi connectivity index (χ2v) is 3.13. The van der Waals surface area contributed by atoms with E-state index in [1.54, 1.807) is 0 Å². The van der Waals surface area contributed by atoms with E-state index in [4.69, 9.17) is 5.26 Å². The maximum atomic E-state index is 8.74. The Morgan fingerprint density at radius 1 is 1.67 bits per heavy atom. The first kappa shape index (κ1) is 5.05. The van der Waals surface area contributed by atoms with Crippen LogP contribution in [0.2, 0.25) is 0 Å². The van der Waals surface area contributed by atoms with Gasteiger partial charge in [-0.2, -0.15) is 5.26 Å². The molecule has 1 nitrogen and oxygen atoms in total. The molecule has 2 aliphatic rings. The van der Waals surface area contributed by atoms with Gasteiger partial charge in [-0.3, -0.25) is 0 Å². The molecule has 0 heterocycles. The molecule has 0 aromatic carbocycles. The molecule has 2 unspecified atom stereocenters. The third-order valence-electron chi connectivity index (χ3n) is 2.50. The minimum Gasteiger partial charge on any atom is -0.197 e. The largest absolute Gasteiger partial charge is 0.197 e. The molecule has 2 atom stereocenters. The van der Waals surface area contributed by atoms with Crippen LogP contribution in [-0.4, -0.2) is 0 Å². The third-order valence-corrected chi connectivity index (χ3v) is 2.50. The lowest BCUT2D eigenvalue weighted by molar-refractivity contribution is 0.540. The summed E-state index contributed by atoms with van der Waals surface area (Å²) < 4.78 is 0. The zero-order valence-corrected chi connectivity index (χ0v) is 5.30. The topological polar surface area (TPSA) is 23.8 Å². The monoisotopic (exact) mass is 119 g/mol. The molecule has 1 heteroatoms. The molecule has 46 valence electrons. The van der Waals surface area contributed by atoms with E-state index in [9.17, 15) is 0 Å². The van der Waals surface area contributed by atoms with Crippen molar-refractivity contribution >= 4 is 0 Å². The average Bonchev–Trinajstić information content (AvgIpc) is 2.46. The Balaban J connectivity index is 2.36. The van der Waals surface area contributed by atoms with Crippen molar-refractivity contribution < 1.29 is 0 Å². The summed E-state index contributed by atoms with van der Waals surface area (Å²) in [6.07, 6.45) is 7.74. The van der Waals surface area contributed by atoms with E-state index in [1.807, 2.05) is 0 Å². The Morgan fingerprint density at radius 2 is 2.56 bits per heavy atom. The van der Waals surface area contributed by atoms with E-state index in [0.717, 1.165) is 18.8 Å². The minimum atomic E-state index is -0.0231. The van der Waals surface area contributed by atoms with E-state index in [0.29, 0.717) is 0 Å². The van der Waals surface area contributed by atoms with Crippen LogP contribution in [0.25, 0.3) is 0 Å². The van der Waals surface area contributed by atoms with Crippen LogP contribution >= 0.6 is 0 Å². The second-order valence-electron chi connectivity index (χ2n) is 3.13. The van der Waals surface area contributed by atoms with Gasteiger partial charge in [-0.1, -0.05) is 12.2 Å². The van der Waals surface area contributed by atoms with Crippen LogP contribution in [0.15, 0.2) is 12.2 Å². The molecule has 2 rings (SSSR count). The van der Waals surface area contributed by atoms with Gasteiger partial charge in [0.15, 0.2) is 0 Å². The lowest BCUT2D eigenvalue weighted by Gasteiger charge is -2.10. The zero-order chi connectivity index (χ0) is 6.32. The maximum absolute atomic E-state index is 8.74. The highest BCUT2D eigenvalue weighted by molar-refractivity contribution is 5.23. The average molecular weight is 119 g/mol. The first-order chi connectivity index (χ1) is 4.35. The Kier molecular flexibility index (Phi) is 0.778. The molecule has 9 heavy (non-hydrogen) atoms. The summed E-state index contributed by atoms with van der Waals surface area (Å²) in [5.74, 6) is 0.740. The van der Waals surface area contributed by atoms with Gasteiger partial charge in [-0.25, -0.2) is 0 Å². The summed E-state index contributed by atoms with van der Waals surface area (Å²) in [5, 5.41) is 8.74. The molecule has 1 fully saturated rings. The Hall–Kier alpha value is -0.770. The molecule has 2 bridgehead atoms. The van der Waals surface area contributed by atoms with E-state index < -0.39 is 0 Å². The first-order valence-corrected chi connectivity index (χ1v) is 3.45. The number of hydrogen-bond acceptors (Lipinski definition) is 1. The SMILES string of the molecule is N#CC12C=CC(CC1)C2. The standard InChI is InChI=1S/C8H9N/c9-6-8-3-1-7(5-8)2-4-8/h1,3,7H,2,4-5H2. The fourth-order valence-corrected chi connectivity index (χ4v) is 1.89. The van der Waals surface area contributed by atoms with Crippen molar-refractivity contribution in [2.45, 2.75) is 19.3 Å². The normalized spacial score (nSPS) is 45.4. The highest BCUT2D eigenvalue weighted by Gasteiger charge is 2.40. The maximum Gasteiger partial charge on any atom is 0.0759 e. The fourth-order valence-electron chi connectivity index (χ4n) is 1.89. The molecule has 0 amide bonds. The van der Waals surface area contributed by atoms with Gasteiger partial charge in [-0.15, -0.1) is 0 Å². The summed E-state index contributed by atoms with van der Waals surface area (Å²) in [5.41, 5.74) is -0.0231. The molecular weight excluding hydrogens is 110 g/mol. The van der Waals surface area contributed by atoms with Crippen molar-refractivity contribution in [2.24, 2.45) is 11.3 Å². The van der Waals surface area contributed by atoms with Crippen LogP contribution in [-0.2, 0) is 0 Å². The van der Waals surface area contributed by atoms with Crippen molar-refractivity contribution in [3.8, 4) is 6.07 Å². The lowest BCUT2D eigenvalue weighted by atomic mass is 9.90. The van der Waals surface area contributed by atoms with Crippen LogP contribution < -0.4 is 0 Å². The van der Waals surface area contributed by atoms with E-state index >= 15 is 0 Å². The van der Waals surface area contributed by atoms with E-state index in [-0.39, 0.29) is 5.41 Å². The number of allylic oxidation sites excluding steroid dienone is 2. The molecular formula is C8H9N. The third kappa shape index (κ3) is 0.535. The highest BCUT2D eigenvalue weighted by Crippen LogP contribution is 2.48. The summed E-state index contributed by atoms with van der Waals surface area (Å²) in [4.78, 5) is 0. The second kappa shape index (κ2) is 1.39. The zero-order valence-electron chi connectivity index (χ0n) is 5.30. The summed E-state index contributed by atoms with van der Waals surface area (Å²) in [6.45, 7) is 0. The summed E-state index contributed by atoms with van der Waals surface area (Å²) in [6, 6.07) is 2.38. The summed E-state index contributed by atoms with van der Waals surface area (Å²) >= 11 is 0. The Labute approximate surface area is 55.0 Å². The smallest absolute Gasteiger partial charge is 0.0759 e. The van der Waals surface area contributed by atoms with Crippen LogP contribution in [0.1, 0.15) is 19.3 Å². The van der Waals surface area contributed by atoms with Crippen molar-refractivity contribution in [1.82, 2.24) is 0 Å². The van der Waals surface area contributed by atoms with Gasteiger partial charge in [0.05, 0.1) is 11.5 Å². The van der Waals surface area contributed by atoms with Crippen LogP contribution in [0, 0.1) is 22.7 Å². The molecule has 1 saturated carbocycles. The molecule has 0 saturated heterocycles. The van der Waals surface area contributed by atoms with Crippen LogP contribution in [0.3, 0.4) is 0 Å². The number of fused-ring (bicyclic) bond motifs is 2. The van der Waals surface area contributed by atoms with Crippen molar-refractivity contribution in [3.05, 3.63) is 12.2 Å². The predicted molar refractivity (Wildman–Crippen MR) is 34.5 cm³/mol. The number of hydrogen-bond donors (Lipinski definition) is 0. The van der Waals surface area contributed by atoms with E-state index in [1.165, 1.54) is 6.42 Å². The van der Waals surface area contributed by atoms with Gasteiger partial charge >= 0.3 is 0 Å². The van der Waals surface area contributed by atoms with Gasteiger partial charge in [0.2, 0.25) is 0 Å². The van der Waals surface area contributed by atoms with Gasteiger partial charge < -0.3 is 0 Å². The number of nitrogens with zero attached hydrogens (tertiary/aromatic N) is 1. The lowest BCUT2D eigenvalue weighted by Crippen LogP contribution is -2.06. The van der Waals surface area contributed by atoms with Gasteiger partial charge in [0.1, 0.15) is 0 Å². The van der Waals surface area contributed by atoms with Crippen LogP contribution in [0.4, 0.5) is 0 Å². The number of nitriles is 1. The van der Waals surface area contributed by atoms with Crippen molar-refractivity contribution in [1.29, 1.82) is 5.26 Å². The molecule has 0 spiro atoms.